The van der Waals surface area contributed by atoms with Crippen molar-refractivity contribution in [3.05, 3.63) is 230 Å². The summed E-state index contributed by atoms with van der Waals surface area (Å²) in [6.07, 6.45) is 0. The molecular formula is C63H42N2. The summed E-state index contributed by atoms with van der Waals surface area (Å²) in [4.78, 5) is 0. The first-order valence-corrected chi connectivity index (χ1v) is 22.8. The van der Waals surface area contributed by atoms with E-state index >= 15 is 0 Å². The summed E-state index contributed by atoms with van der Waals surface area (Å²) in [5.41, 5.74) is 17.3. The van der Waals surface area contributed by atoms with E-state index in [1.54, 1.807) is 0 Å². The Hall–Kier alpha value is -8.20. The van der Waals surface area contributed by atoms with E-state index in [0.29, 0.717) is 0 Å². The van der Waals surface area contributed by atoms with Crippen molar-refractivity contribution in [3.8, 4) is 44.8 Å². The molecule has 65 heavy (non-hydrogen) atoms. The highest BCUT2D eigenvalue weighted by atomic mass is 15.0. The third-order valence-electron chi connectivity index (χ3n) is 14.7. The number of hydrogen-bond acceptors (Lipinski definition) is 0. The van der Waals surface area contributed by atoms with Gasteiger partial charge in [-0.3, -0.25) is 0 Å². The molecule has 0 atom stereocenters. The van der Waals surface area contributed by atoms with E-state index in [1.165, 1.54) is 120 Å². The monoisotopic (exact) mass is 826 g/mol. The fourth-order valence-corrected chi connectivity index (χ4v) is 11.7. The number of rotatable bonds is 4. The van der Waals surface area contributed by atoms with Gasteiger partial charge < -0.3 is 9.13 Å². The topological polar surface area (TPSA) is 9.86 Å². The molecule has 2 heterocycles. The predicted molar refractivity (Wildman–Crippen MR) is 276 cm³/mol. The van der Waals surface area contributed by atoms with Crippen molar-refractivity contribution in [2.75, 3.05) is 0 Å². The summed E-state index contributed by atoms with van der Waals surface area (Å²) in [5, 5.41) is 12.4. The molecule has 0 fully saturated rings. The molecule has 2 heteroatoms. The maximum absolute atomic E-state index is 2.50. The molecule has 0 radical (unpaired) electrons. The number of fused-ring (bicyclic) bond motifs is 12. The zero-order chi connectivity index (χ0) is 43.0. The predicted octanol–water partition coefficient (Wildman–Crippen LogP) is 17.0. The van der Waals surface area contributed by atoms with Gasteiger partial charge in [-0.25, -0.2) is 0 Å². The smallest absolute Gasteiger partial charge is 0.0541 e. The van der Waals surface area contributed by atoms with Gasteiger partial charge in [0.25, 0.3) is 0 Å². The Balaban J connectivity index is 1.14. The Kier molecular flexibility index (Phi) is 7.49. The zero-order valence-electron chi connectivity index (χ0n) is 36.2. The van der Waals surface area contributed by atoms with Crippen LogP contribution in [0.2, 0.25) is 0 Å². The van der Waals surface area contributed by atoms with Gasteiger partial charge in [-0.1, -0.05) is 172 Å². The van der Waals surface area contributed by atoms with E-state index in [9.17, 15) is 0 Å². The second-order valence-electron chi connectivity index (χ2n) is 18.4. The highest BCUT2D eigenvalue weighted by Gasteiger charge is 2.35. The summed E-state index contributed by atoms with van der Waals surface area (Å²) in [5.74, 6) is 0. The maximum atomic E-state index is 2.50. The first-order valence-electron chi connectivity index (χ1n) is 22.8. The number of hydrogen-bond donors (Lipinski definition) is 0. The van der Waals surface area contributed by atoms with E-state index in [-0.39, 0.29) is 5.41 Å². The quantitative estimate of drug-likeness (QED) is 0.156. The van der Waals surface area contributed by atoms with E-state index < -0.39 is 0 Å². The average Bonchev–Trinajstić information content (AvgIpc) is 3.96. The molecule has 14 rings (SSSR count). The van der Waals surface area contributed by atoms with E-state index in [4.69, 9.17) is 0 Å². The molecule has 0 amide bonds. The van der Waals surface area contributed by atoms with Gasteiger partial charge in [0.1, 0.15) is 0 Å². The highest BCUT2D eigenvalue weighted by molar-refractivity contribution is 6.23. The number of para-hydroxylation sites is 4. The lowest BCUT2D eigenvalue weighted by molar-refractivity contribution is 0.660. The number of benzene rings is 11. The SMILES string of the molecule is CC1(C)c2ccccc2-c2ccc(-c3c4ccc(-n5c6ccccc6c6ccccc65)cc4c(-c4ccc5ccccc5c4)c4cc(-n5c6ccccc6c6ccccc65)ccc34)cc21. The van der Waals surface area contributed by atoms with Gasteiger partial charge >= 0.3 is 0 Å². The van der Waals surface area contributed by atoms with Crippen LogP contribution < -0.4 is 0 Å². The first-order chi connectivity index (χ1) is 32.0. The van der Waals surface area contributed by atoms with Crippen molar-refractivity contribution in [3.63, 3.8) is 0 Å². The zero-order valence-corrected chi connectivity index (χ0v) is 36.2. The van der Waals surface area contributed by atoms with Crippen LogP contribution in [0.5, 0.6) is 0 Å². The third-order valence-corrected chi connectivity index (χ3v) is 14.7. The Morgan fingerprint density at radius 1 is 0.292 bits per heavy atom. The van der Waals surface area contributed by atoms with Crippen molar-refractivity contribution in [2.24, 2.45) is 0 Å². The molecule has 11 aromatic carbocycles. The van der Waals surface area contributed by atoms with E-state index in [2.05, 4.69) is 241 Å². The lowest BCUT2D eigenvalue weighted by Gasteiger charge is -2.23. The van der Waals surface area contributed by atoms with Crippen molar-refractivity contribution < 1.29 is 0 Å². The van der Waals surface area contributed by atoms with Crippen molar-refractivity contribution in [1.29, 1.82) is 0 Å². The maximum Gasteiger partial charge on any atom is 0.0541 e. The molecule has 0 N–H and O–H groups in total. The Morgan fingerprint density at radius 2 is 0.723 bits per heavy atom. The minimum Gasteiger partial charge on any atom is -0.309 e. The molecule has 0 unspecified atom stereocenters. The summed E-state index contributed by atoms with van der Waals surface area (Å²) in [6.45, 7) is 4.77. The van der Waals surface area contributed by atoms with Crippen LogP contribution >= 0.6 is 0 Å². The summed E-state index contributed by atoms with van der Waals surface area (Å²) in [6, 6.07) is 81.8. The van der Waals surface area contributed by atoms with Crippen LogP contribution in [-0.2, 0) is 5.41 Å². The second-order valence-corrected chi connectivity index (χ2v) is 18.4. The third kappa shape index (κ3) is 5.11. The van der Waals surface area contributed by atoms with Crippen molar-refractivity contribution in [2.45, 2.75) is 19.3 Å². The van der Waals surface area contributed by atoms with Crippen molar-refractivity contribution in [1.82, 2.24) is 9.13 Å². The van der Waals surface area contributed by atoms with Gasteiger partial charge in [0.05, 0.1) is 22.1 Å². The van der Waals surface area contributed by atoms with Crippen LogP contribution in [0.15, 0.2) is 218 Å². The highest BCUT2D eigenvalue weighted by Crippen LogP contribution is 2.52. The van der Waals surface area contributed by atoms with Crippen LogP contribution in [0.1, 0.15) is 25.0 Å². The van der Waals surface area contributed by atoms with Gasteiger partial charge in [0.15, 0.2) is 0 Å². The van der Waals surface area contributed by atoms with Gasteiger partial charge in [-0.2, -0.15) is 0 Å². The fraction of sp³-hybridized carbons (Fsp3) is 0.0476. The van der Waals surface area contributed by atoms with Crippen LogP contribution in [0.3, 0.4) is 0 Å². The van der Waals surface area contributed by atoms with Gasteiger partial charge in [-0.05, 0) is 137 Å². The number of aromatic nitrogens is 2. The molecule has 2 nitrogen and oxygen atoms in total. The van der Waals surface area contributed by atoms with Crippen LogP contribution in [0.4, 0.5) is 0 Å². The summed E-state index contributed by atoms with van der Waals surface area (Å²) in [7, 11) is 0. The Morgan fingerprint density at radius 3 is 1.29 bits per heavy atom. The molecule has 0 saturated heterocycles. The molecule has 1 aliphatic carbocycles. The van der Waals surface area contributed by atoms with Crippen molar-refractivity contribution >= 4 is 75.9 Å². The van der Waals surface area contributed by atoms with Gasteiger partial charge in [0.2, 0.25) is 0 Å². The van der Waals surface area contributed by atoms with Crippen LogP contribution in [0.25, 0.3) is 121 Å². The Labute approximate surface area is 376 Å². The minimum atomic E-state index is -0.133. The standard InChI is InChI=1S/C63H42N2/c1-63(2)55-22-10-5-17-45(55)46-32-29-42(36-56(46)63)61-51-33-30-43(64-57-23-11-6-18-47(57)48-19-7-12-24-58(48)64)37-53(51)62(41-28-27-39-15-3-4-16-40(39)35-41)54-38-44(31-34-52(54)61)65-59-25-13-8-20-49(59)50-21-9-14-26-60(50)65/h3-38H,1-2H3. The fourth-order valence-electron chi connectivity index (χ4n) is 11.7. The Bertz CT molecular complexity index is 3870. The molecule has 0 aliphatic heterocycles. The second kappa shape index (κ2) is 13.4. The van der Waals surface area contributed by atoms with E-state index in [1.807, 2.05) is 0 Å². The summed E-state index contributed by atoms with van der Waals surface area (Å²) >= 11 is 0. The minimum absolute atomic E-state index is 0.133. The van der Waals surface area contributed by atoms with Crippen LogP contribution in [-0.4, -0.2) is 9.13 Å². The van der Waals surface area contributed by atoms with E-state index in [0.717, 1.165) is 11.4 Å². The number of nitrogens with zero attached hydrogens (tertiary/aromatic N) is 2. The normalized spacial score (nSPS) is 13.2. The average molecular weight is 827 g/mol. The van der Waals surface area contributed by atoms with Gasteiger partial charge in [-0.15, -0.1) is 0 Å². The lowest BCUT2D eigenvalue weighted by Crippen LogP contribution is -2.14. The van der Waals surface area contributed by atoms with Crippen LogP contribution in [0, 0.1) is 0 Å². The molecule has 0 spiro atoms. The summed E-state index contributed by atoms with van der Waals surface area (Å²) < 4.78 is 4.92. The molecular weight excluding hydrogens is 785 g/mol. The molecule has 304 valence electrons. The lowest BCUT2D eigenvalue weighted by atomic mass is 9.80. The largest absolute Gasteiger partial charge is 0.309 e. The molecule has 2 aromatic heterocycles. The molecule has 13 aromatic rings. The molecule has 0 saturated carbocycles. The molecule has 0 bridgehead atoms. The first kappa shape index (κ1) is 36.3. The van der Waals surface area contributed by atoms with Gasteiger partial charge in [0, 0.05) is 38.3 Å². The molecule has 1 aliphatic rings.